The SMILES string of the molecule is CCCCCn1cncc1C1CC1. The van der Waals surface area contributed by atoms with E-state index in [1.807, 2.05) is 12.5 Å². The first-order chi connectivity index (χ1) is 6.42. The number of nitrogens with zero attached hydrogens (tertiary/aromatic N) is 2. The third-order valence-electron chi connectivity index (χ3n) is 2.74. The molecule has 2 nitrogen and oxygen atoms in total. The van der Waals surface area contributed by atoms with Crippen LogP contribution in [0.4, 0.5) is 0 Å². The van der Waals surface area contributed by atoms with Gasteiger partial charge in [-0.2, -0.15) is 0 Å². The molecule has 1 heterocycles. The molecule has 1 aliphatic rings. The van der Waals surface area contributed by atoms with E-state index < -0.39 is 0 Å². The minimum Gasteiger partial charge on any atom is -0.334 e. The van der Waals surface area contributed by atoms with Gasteiger partial charge in [0.2, 0.25) is 0 Å². The number of aromatic nitrogens is 2. The summed E-state index contributed by atoms with van der Waals surface area (Å²) in [6, 6.07) is 0. The van der Waals surface area contributed by atoms with Gasteiger partial charge in [0.1, 0.15) is 0 Å². The molecule has 0 saturated heterocycles. The Morgan fingerprint density at radius 3 is 3.00 bits per heavy atom. The second kappa shape index (κ2) is 3.95. The van der Waals surface area contributed by atoms with Crippen LogP contribution in [0.25, 0.3) is 0 Å². The van der Waals surface area contributed by atoms with Gasteiger partial charge in [-0.15, -0.1) is 0 Å². The van der Waals surface area contributed by atoms with Crippen molar-refractivity contribution in [2.75, 3.05) is 0 Å². The molecular weight excluding hydrogens is 160 g/mol. The molecule has 0 spiro atoms. The highest BCUT2D eigenvalue weighted by Crippen LogP contribution is 2.39. The molecule has 2 rings (SSSR count). The molecule has 2 heteroatoms. The van der Waals surface area contributed by atoms with Gasteiger partial charge in [0.05, 0.1) is 6.33 Å². The third-order valence-corrected chi connectivity index (χ3v) is 2.74. The van der Waals surface area contributed by atoms with Crippen LogP contribution in [0.2, 0.25) is 0 Å². The van der Waals surface area contributed by atoms with E-state index in [2.05, 4.69) is 16.5 Å². The van der Waals surface area contributed by atoms with Crippen LogP contribution in [0.3, 0.4) is 0 Å². The molecule has 0 amide bonds. The van der Waals surface area contributed by atoms with Crippen molar-refractivity contribution in [3.63, 3.8) is 0 Å². The number of aryl methyl sites for hydroxylation is 1. The smallest absolute Gasteiger partial charge is 0.0948 e. The van der Waals surface area contributed by atoms with Crippen LogP contribution in [0.15, 0.2) is 12.5 Å². The Kier molecular flexibility index (Phi) is 2.67. The van der Waals surface area contributed by atoms with Crippen molar-refractivity contribution in [2.24, 2.45) is 0 Å². The van der Waals surface area contributed by atoms with Gasteiger partial charge >= 0.3 is 0 Å². The van der Waals surface area contributed by atoms with Crippen molar-refractivity contribution < 1.29 is 0 Å². The molecule has 1 saturated carbocycles. The lowest BCUT2D eigenvalue weighted by atomic mass is 10.2. The molecule has 72 valence electrons. The number of unbranched alkanes of at least 4 members (excludes halogenated alkanes) is 2. The maximum atomic E-state index is 4.23. The molecule has 0 unspecified atom stereocenters. The first-order valence-electron chi connectivity index (χ1n) is 5.42. The average Bonchev–Trinajstić information content (AvgIpc) is 2.88. The Hall–Kier alpha value is -0.790. The molecule has 0 atom stereocenters. The van der Waals surface area contributed by atoms with E-state index in [9.17, 15) is 0 Å². The van der Waals surface area contributed by atoms with Crippen LogP contribution in [0.1, 0.15) is 50.6 Å². The highest BCUT2D eigenvalue weighted by Gasteiger charge is 2.26. The zero-order valence-corrected chi connectivity index (χ0v) is 8.37. The largest absolute Gasteiger partial charge is 0.334 e. The van der Waals surface area contributed by atoms with Crippen molar-refractivity contribution in [1.82, 2.24) is 9.55 Å². The maximum absolute atomic E-state index is 4.23. The van der Waals surface area contributed by atoms with E-state index in [4.69, 9.17) is 0 Å². The Labute approximate surface area is 80.0 Å². The van der Waals surface area contributed by atoms with E-state index in [0.29, 0.717) is 0 Å². The second-order valence-electron chi connectivity index (χ2n) is 3.99. The Morgan fingerprint density at radius 2 is 2.31 bits per heavy atom. The quantitative estimate of drug-likeness (QED) is 0.634. The van der Waals surface area contributed by atoms with E-state index in [1.165, 1.54) is 44.3 Å². The molecular formula is C11H18N2. The fourth-order valence-corrected chi connectivity index (χ4v) is 1.77. The molecule has 1 aliphatic carbocycles. The summed E-state index contributed by atoms with van der Waals surface area (Å²) in [6.45, 7) is 3.41. The molecule has 1 fully saturated rings. The summed E-state index contributed by atoms with van der Waals surface area (Å²) in [6.07, 6.45) is 10.7. The fraction of sp³-hybridized carbons (Fsp3) is 0.727. The summed E-state index contributed by atoms with van der Waals surface area (Å²) in [7, 11) is 0. The summed E-state index contributed by atoms with van der Waals surface area (Å²) in [5.41, 5.74) is 1.47. The lowest BCUT2D eigenvalue weighted by molar-refractivity contribution is 0.584. The molecule has 1 aromatic heterocycles. The van der Waals surface area contributed by atoms with E-state index in [-0.39, 0.29) is 0 Å². The van der Waals surface area contributed by atoms with Gasteiger partial charge in [-0.1, -0.05) is 19.8 Å². The first kappa shape index (κ1) is 8.79. The first-order valence-corrected chi connectivity index (χ1v) is 5.42. The van der Waals surface area contributed by atoms with Gasteiger partial charge in [-0.25, -0.2) is 4.98 Å². The predicted molar refractivity (Wildman–Crippen MR) is 53.7 cm³/mol. The highest BCUT2D eigenvalue weighted by atomic mass is 15.0. The molecule has 0 radical (unpaired) electrons. The Morgan fingerprint density at radius 1 is 1.46 bits per heavy atom. The van der Waals surface area contributed by atoms with Crippen LogP contribution < -0.4 is 0 Å². The van der Waals surface area contributed by atoms with E-state index in [0.717, 1.165) is 5.92 Å². The highest BCUT2D eigenvalue weighted by molar-refractivity contribution is 5.12. The van der Waals surface area contributed by atoms with E-state index >= 15 is 0 Å². The van der Waals surface area contributed by atoms with Gasteiger partial charge in [-0.3, -0.25) is 0 Å². The standard InChI is InChI=1S/C11H18N2/c1-2-3-4-7-13-9-12-8-11(13)10-5-6-10/h8-10H,2-7H2,1H3. The van der Waals surface area contributed by atoms with Crippen LogP contribution in [0, 0.1) is 0 Å². The Bertz CT molecular complexity index is 261. The summed E-state index contributed by atoms with van der Waals surface area (Å²) >= 11 is 0. The molecule has 0 N–H and O–H groups in total. The minimum absolute atomic E-state index is 0.837. The van der Waals surface area contributed by atoms with Crippen LogP contribution in [-0.2, 0) is 6.54 Å². The summed E-state index contributed by atoms with van der Waals surface area (Å²) < 4.78 is 2.34. The van der Waals surface area contributed by atoms with Gasteiger partial charge < -0.3 is 4.57 Å². The number of hydrogen-bond acceptors (Lipinski definition) is 1. The van der Waals surface area contributed by atoms with Gasteiger partial charge in [0.15, 0.2) is 0 Å². The predicted octanol–water partition coefficient (Wildman–Crippen LogP) is 2.95. The fourth-order valence-electron chi connectivity index (χ4n) is 1.77. The lowest BCUT2D eigenvalue weighted by Gasteiger charge is -2.05. The summed E-state index contributed by atoms with van der Waals surface area (Å²) in [4.78, 5) is 4.23. The van der Waals surface area contributed by atoms with Crippen molar-refractivity contribution in [3.05, 3.63) is 18.2 Å². The summed E-state index contributed by atoms with van der Waals surface area (Å²) in [5, 5.41) is 0. The topological polar surface area (TPSA) is 17.8 Å². The summed E-state index contributed by atoms with van der Waals surface area (Å²) in [5.74, 6) is 0.837. The van der Waals surface area contributed by atoms with Gasteiger partial charge in [0, 0.05) is 24.4 Å². The number of hydrogen-bond donors (Lipinski definition) is 0. The van der Waals surface area contributed by atoms with E-state index in [1.54, 1.807) is 0 Å². The Balaban J connectivity index is 1.90. The van der Waals surface area contributed by atoms with Crippen molar-refractivity contribution in [2.45, 2.75) is 51.5 Å². The zero-order chi connectivity index (χ0) is 9.10. The molecule has 0 aliphatic heterocycles. The van der Waals surface area contributed by atoms with Crippen molar-refractivity contribution in [1.29, 1.82) is 0 Å². The minimum atomic E-state index is 0.837. The maximum Gasteiger partial charge on any atom is 0.0948 e. The number of imidazole rings is 1. The molecule has 13 heavy (non-hydrogen) atoms. The monoisotopic (exact) mass is 178 g/mol. The third kappa shape index (κ3) is 2.11. The normalized spacial score (nSPS) is 16.4. The molecule has 0 aromatic carbocycles. The van der Waals surface area contributed by atoms with Crippen LogP contribution in [-0.4, -0.2) is 9.55 Å². The zero-order valence-electron chi connectivity index (χ0n) is 8.37. The van der Waals surface area contributed by atoms with Crippen LogP contribution >= 0.6 is 0 Å². The second-order valence-corrected chi connectivity index (χ2v) is 3.99. The van der Waals surface area contributed by atoms with Gasteiger partial charge in [0.25, 0.3) is 0 Å². The van der Waals surface area contributed by atoms with Crippen LogP contribution in [0.5, 0.6) is 0 Å². The molecule has 0 bridgehead atoms. The van der Waals surface area contributed by atoms with Gasteiger partial charge in [-0.05, 0) is 19.3 Å². The lowest BCUT2D eigenvalue weighted by Crippen LogP contribution is -2.00. The van der Waals surface area contributed by atoms with Crippen molar-refractivity contribution in [3.8, 4) is 0 Å². The number of rotatable bonds is 5. The molecule has 1 aromatic rings. The average molecular weight is 178 g/mol. The van der Waals surface area contributed by atoms with Crippen molar-refractivity contribution >= 4 is 0 Å².